The molecule has 4 nitrogen and oxygen atoms in total. The second-order valence-corrected chi connectivity index (χ2v) is 3.89. The first-order valence-corrected chi connectivity index (χ1v) is 5.40. The SMILES string of the molecule is C=C(C(=O)OCOC1CCCCC1=O)C(F)(F)F. The highest BCUT2D eigenvalue weighted by Crippen LogP contribution is 2.25. The maximum absolute atomic E-state index is 12.0. The van der Waals surface area contributed by atoms with Crippen molar-refractivity contribution in [2.24, 2.45) is 0 Å². The molecule has 18 heavy (non-hydrogen) atoms. The van der Waals surface area contributed by atoms with Gasteiger partial charge < -0.3 is 9.47 Å². The van der Waals surface area contributed by atoms with Gasteiger partial charge in [-0.3, -0.25) is 4.79 Å². The maximum Gasteiger partial charge on any atom is 0.422 e. The molecule has 7 heteroatoms. The first-order valence-electron chi connectivity index (χ1n) is 5.40. The van der Waals surface area contributed by atoms with Crippen LogP contribution in [0.1, 0.15) is 25.7 Å². The number of ketones is 1. The predicted molar refractivity (Wildman–Crippen MR) is 54.5 cm³/mol. The van der Waals surface area contributed by atoms with Gasteiger partial charge in [0.25, 0.3) is 0 Å². The zero-order valence-electron chi connectivity index (χ0n) is 9.59. The van der Waals surface area contributed by atoms with Crippen molar-refractivity contribution in [3.63, 3.8) is 0 Å². The minimum absolute atomic E-state index is 0.119. The molecule has 0 aliphatic heterocycles. The Bertz CT molecular complexity index is 349. The minimum atomic E-state index is -4.82. The van der Waals surface area contributed by atoms with Gasteiger partial charge in [-0.25, -0.2) is 4.79 Å². The lowest BCUT2D eigenvalue weighted by molar-refractivity contribution is -0.170. The Labute approximate surface area is 102 Å². The van der Waals surface area contributed by atoms with E-state index in [1.165, 1.54) is 0 Å². The largest absolute Gasteiger partial charge is 0.435 e. The lowest BCUT2D eigenvalue weighted by atomic mass is 9.96. The van der Waals surface area contributed by atoms with E-state index in [1.54, 1.807) is 0 Å². The third kappa shape index (κ3) is 4.14. The monoisotopic (exact) mass is 266 g/mol. The first-order chi connectivity index (χ1) is 8.32. The number of carbonyl (C=O) groups is 2. The van der Waals surface area contributed by atoms with Crippen molar-refractivity contribution in [2.45, 2.75) is 38.0 Å². The summed E-state index contributed by atoms with van der Waals surface area (Å²) < 4.78 is 45.3. The van der Waals surface area contributed by atoms with Crippen LogP contribution in [-0.4, -0.2) is 30.8 Å². The highest BCUT2D eigenvalue weighted by Gasteiger charge is 2.38. The standard InChI is InChI=1S/C11H13F3O4/c1-7(11(12,13)14)10(16)18-6-17-9-5-3-2-4-8(9)15/h9H,1-6H2. The highest BCUT2D eigenvalue weighted by molar-refractivity contribution is 5.89. The predicted octanol–water partition coefficient (Wildman–Crippen LogP) is 2.13. The molecule has 0 heterocycles. The molecule has 1 rings (SSSR count). The number of halogens is 3. The number of alkyl halides is 3. The van der Waals surface area contributed by atoms with Gasteiger partial charge in [-0.2, -0.15) is 13.2 Å². The molecule has 1 aliphatic carbocycles. The lowest BCUT2D eigenvalue weighted by Gasteiger charge is -2.20. The van der Waals surface area contributed by atoms with Crippen LogP contribution in [0.25, 0.3) is 0 Å². The van der Waals surface area contributed by atoms with E-state index in [2.05, 4.69) is 11.3 Å². The van der Waals surface area contributed by atoms with E-state index >= 15 is 0 Å². The van der Waals surface area contributed by atoms with Crippen molar-refractivity contribution >= 4 is 11.8 Å². The molecule has 1 aliphatic rings. The molecule has 102 valence electrons. The highest BCUT2D eigenvalue weighted by atomic mass is 19.4. The van der Waals surface area contributed by atoms with E-state index in [0.717, 1.165) is 12.8 Å². The molecule has 0 aromatic carbocycles. The summed E-state index contributed by atoms with van der Waals surface area (Å²) in [5.74, 6) is -1.71. The average molecular weight is 266 g/mol. The molecule has 0 aromatic rings. The number of hydrogen-bond acceptors (Lipinski definition) is 4. The summed E-state index contributed by atoms with van der Waals surface area (Å²) in [5, 5.41) is 0. The smallest absolute Gasteiger partial charge is 0.422 e. The van der Waals surface area contributed by atoms with Gasteiger partial charge in [0.1, 0.15) is 11.7 Å². The van der Waals surface area contributed by atoms with Crippen molar-refractivity contribution in [1.82, 2.24) is 0 Å². The summed E-state index contributed by atoms with van der Waals surface area (Å²) in [6.45, 7) is 1.91. The second kappa shape index (κ2) is 5.99. The number of rotatable bonds is 4. The average Bonchev–Trinajstić information content (AvgIpc) is 2.29. The number of esters is 1. The summed E-state index contributed by atoms with van der Waals surface area (Å²) in [6.07, 6.45) is -3.05. The molecule has 0 amide bonds. The molecule has 0 bridgehead atoms. The Morgan fingerprint density at radius 3 is 2.61 bits per heavy atom. The van der Waals surface area contributed by atoms with Crippen molar-refractivity contribution in [3.05, 3.63) is 12.2 Å². The summed E-state index contributed by atoms with van der Waals surface area (Å²) in [4.78, 5) is 22.2. The normalized spacial score (nSPS) is 20.6. The summed E-state index contributed by atoms with van der Waals surface area (Å²) in [5.41, 5.74) is -1.60. The van der Waals surface area contributed by atoms with Crippen LogP contribution in [-0.2, 0) is 19.1 Å². The molecule has 0 radical (unpaired) electrons. The van der Waals surface area contributed by atoms with E-state index < -0.39 is 30.6 Å². The zero-order chi connectivity index (χ0) is 13.8. The quantitative estimate of drug-likeness (QED) is 0.444. The Morgan fingerprint density at radius 2 is 2.06 bits per heavy atom. The van der Waals surface area contributed by atoms with E-state index in [-0.39, 0.29) is 5.78 Å². The molecule has 0 aromatic heterocycles. The maximum atomic E-state index is 12.0. The van der Waals surface area contributed by atoms with E-state index in [1.807, 2.05) is 0 Å². The van der Waals surface area contributed by atoms with Crippen molar-refractivity contribution < 1.29 is 32.2 Å². The molecular formula is C11H13F3O4. The summed E-state index contributed by atoms with van der Waals surface area (Å²) in [6, 6.07) is 0. The summed E-state index contributed by atoms with van der Waals surface area (Å²) >= 11 is 0. The van der Waals surface area contributed by atoms with Gasteiger partial charge >= 0.3 is 12.1 Å². The van der Waals surface area contributed by atoms with Gasteiger partial charge in [0, 0.05) is 6.42 Å². The molecule has 1 fully saturated rings. The van der Waals surface area contributed by atoms with Gasteiger partial charge in [0.2, 0.25) is 0 Å². The van der Waals surface area contributed by atoms with Crippen molar-refractivity contribution in [2.75, 3.05) is 6.79 Å². The molecule has 1 unspecified atom stereocenters. The minimum Gasteiger partial charge on any atom is -0.435 e. The van der Waals surface area contributed by atoms with Crippen LogP contribution < -0.4 is 0 Å². The molecule has 0 N–H and O–H groups in total. The van der Waals surface area contributed by atoms with Crippen LogP contribution in [0, 0.1) is 0 Å². The van der Waals surface area contributed by atoms with Gasteiger partial charge in [0.05, 0.1) is 0 Å². The third-order valence-corrected chi connectivity index (χ3v) is 2.55. The van der Waals surface area contributed by atoms with E-state index in [0.29, 0.717) is 12.8 Å². The topological polar surface area (TPSA) is 52.6 Å². The fourth-order valence-electron chi connectivity index (χ4n) is 1.50. The van der Waals surface area contributed by atoms with Crippen molar-refractivity contribution in [1.29, 1.82) is 0 Å². The molecule has 0 spiro atoms. The Kier molecular flexibility index (Phi) is 4.89. The number of Topliss-reactive ketones (excluding diaryl/α,β-unsaturated/α-hetero) is 1. The lowest BCUT2D eigenvalue weighted by Crippen LogP contribution is -2.30. The number of carbonyl (C=O) groups excluding carboxylic acids is 2. The van der Waals surface area contributed by atoms with Gasteiger partial charge in [-0.05, 0) is 19.3 Å². The first kappa shape index (κ1) is 14.7. The second-order valence-electron chi connectivity index (χ2n) is 3.89. The third-order valence-electron chi connectivity index (χ3n) is 2.55. The van der Waals surface area contributed by atoms with Gasteiger partial charge in [-0.1, -0.05) is 6.58 Å². The van der Waals surface area contributed by atoms with Crippen LogP contribution in [0.4, 0.5) is 13.2 Å². The Hall–Kier alpha value is -1.37. The molecule has 1 atom stereocenters. The number of ether oxygens (including phenoxy) is 2. The fourth-order valence-corrected chi connectivity index (χ4v) is 1.50. The van der Waals surface area contributed by atoms with E-state index in [4.69, 9.17) is 4.74 Å². The van der Waals surface area contributed by atoms with Crippen molar-refractivity contribution in [3.8, 4) is 0 Å². The van der Waals surface area contributed by atoms with Crippen LogP contribution >= 0.6 is 0 Å². The van der Waals surface area contributed by atoms with Crippen LogP contribution in [0.5, 0.6) is 0 Å². The molecular weight excluding hydrogens is 253 g/mol. The van der Waals surface area contributed by atoms with Crippen LogP contribution in [0.2, 0.25) is 0 Å². The summed E-state index contributed by atoms with van der Waals surface area (Å²) in [7, 11) is 0. The Morgan fingerprint density at radius 1 is 1.39 bits per heavy atom. The number of hydrogen-bond donors (Lipinski definition) is 0. The van der Waals surface area contributed by atoms with E-state index in [9.17, 15) is 22.8 Å². The van der Waals surface area contributed by atoms with Gasteiger partial charge in [0.15, 0.2) is 12.6 Å². The molecule has 1 saturated carbocycles. The fraction of sp³-hybridized carbons (Fsp3) is 0.636. The molecule has 0 saturated heterocycles. The zero-order valence-corrected chi connectivity index (χ0v) is 9.59. The van der Waals surface area contributed by atoms with Crippen LogP contribution in [0.3, 0.4) is 0 Å². The Balaban J connectivity index is 2.31. The van der Waals surface area contributed by atoms with Crippen LogP contribution in [0.15, 0.2) is 12.2 Å². The van der Waals surface area contributed by atoms with Gasteiger partial charge in [-0.15, -0.1) is 0 Å².